The number of amides is 1. The van der Waals surface area contributed by atoms with E-state index in [1.165, 1.54) is 37.9 Å². The molecule has 0 unspecified atom stereocenters. The van der Waals surface area contributed by atoms with Crippen LogP contribution in [0, 0.1) is 6.92 Å². The maximum absolute atomic E-state index is 13.4. The first-order chi connectivity index (χ1) is 14.7. The quantitative estimate of drug-likeness (QED) is 0.677. The van der Waals surface area contributed by atoms with E-state index in [9.17, 15) is 4.79 Å². The second-order valence-corrected chi connectivity index (χ2v) is 8.88. The monoisotopic (exact) mass is 406 g/mol. The summed E-state index contributed by atoms with van der Waals surface area (Å²) < 4.78 is 5.89. The summed E-state index contributed by atoms with van der Waals surface area (Å²) in [6.45, 7) is 6.17. The molecule has 1 saturated heterocycles. The normalized spacial score (nSPS) is 18.8. The zero-order valence-corrected chi connectivity index (χ0v) is 18.2. The van der Waals surface area contributed by atoms with Gasteiger partial charge < -0.3 is 10.1 Å². The van der Waals surface area contributed by atoms with E-state index in [0.29, 0.717) is 6.61 Å². The van der Waals surface area contributed by atoms with Crippen molar-refractivity contribution >= 4 is 11.6 Å². The van der Waals surface area contributed by atoms with Gasteiger partial charge in [0.1, 0.15) is 12.4 Å². The van der Waals surface area contributed by atoms with E-state index in [2.05, 4.69) is 41.4 Å². The van der Waals surface area contributed by atoms with Gasteiger partial charge in [0, 0.05) is 12.2 Å². The summed E-state index contributed by atoms with van der Waals surface area (Å²) in [6, 6.07) is 16.3. The Kier molecular flexibility index (Phi) is 6.73. The molecule has 0 atom stereocenters. The lowest BCUT2D eigenvalue weighted by Crippen LogP contribution is -2.42. The van der Waals surface area contributed by atoms with Crippen LogP contribution < -0.4 is 10.1 Å². The molecule has 4 heteroatoms. The van der Waals surface area contributed by atoms with E-state index in [1.54, 1.807) is 0 Å². The Morgan fingerprint density at radius 2 is 1.60 bits per heavy atom. The highest BCUT2D eigenvalue weighted by Crippen LogP contribution is 2.40. The molecule has 2 fully saturated rings. The van der Waals surface area contributed by atoms with Crippen LogP contribution >= 0.6 is 0 Å². The number of likely N-dealkylation sites (tertiary alicyclic amines) is 1. The highest BCUT2D eigenvalue weighted by molar-refractivity contribution is 5.99. The van der Waals surface area contributed by atoms with E-state index in [1.807, 2.05) is 24.3 Å². The molecule has 2 aliphatic rings. The zero-order chi connectivity index (χ0) is 20.8. The van der Waals surface area contributed by atoms with E-state index < -0.39 is 5.41 Å². The minimum Gasteiger partial charge on any atom is -0.492 e. The van der Waals surface area contributed by atoms with E-state index >= 15 is 0 Å². The first-order valence-electron chi connectivity index (χ1n) is 11.5. The molecule has 2 aromatic rings. The third-order valence-electron chi connectivity index (χ3n) is 6.73. The molecule has 0 bridgehead atoms. The van der Waals surface area contributed by atoms with Crippen LogP contribution in [0.25, 0.3) is 0 Å². The predicted octanol–water partition coefficient (Wildman–Crippen LogP) is 5.31. The van der Waals surface area contributed by atoms with E-state index in [0.717, 1.165) is 49.2 Å². The summed E-state index contributed by atoms with van der Waals surface area (Å²) in [7, 11) is 0. The average Bonchev–Trinajstić information content (AvgIpc) is 3.29. The summed E-state index contributed by atoms with van der Waals surface area (Å²) >= 11 is 0. The van der Waals surface area contributed by atoms with Gasteiger partial charge in [0.05, 0.1) is 5.41 Å². The Hall–Kier alpha value is -2.33. The molecule has 4 rings (SSSR count). The minimum absolute atomic E-state index is 0.119. The van der Waals surface area contributed by atoms with Gasteiger partial charge in [-0.2, -0.15) is 0 Å². The fourth-order valence-electron chi connectivity index (χ4n) is 4.86. The first kappa shape index (κ1) is 20.9. The van der Waals surface area contributed by atoms with Crippen molar-refractivity contribution in [3.05, 3.63) is 59.7 Å². The van der Waals surface area contributed by atoms with Crippen LogP contribution in [0.1, 0.15) is 56.1 Å². The largest absolute Gasteiger partial charge is 0.492 e. The highest BCUT2D eigenvalue weighted by atomic mass is 16.5. The van der Waals surface area contributed by atoms with E-state index in [-0.39, 0.29) is 5.91 Å². The van der Waals surface area contributed by atoms with Crippen LogP contribution in [-0.4, -0.2) is 37.0 Å². The molecule has 160 valence electrons. The molecule has 1 aliphatic carbocycles. The van der Waals surface area contributed by atoms with Gasteiger partial charge in [-0.15, -0.1) is 0 Å². The molecule has 30 heavy (non-hydrogen) atoms. The Morgan fingerprint density at radius 3 is 2.27 bits per heavy atom. The SMILES string of the molecule is Cc1ccc(C2(C(=O)Nc3ccc(OCCN4CCCC4)cc3)CCCCC2)cc1. The summed E-state index contributed by atoms with van der Waals surface area (Å²) in [4.78, 5) is 15.9. The smallest absolute Gasteiger partial charge is 0.235 e. The molecule has 0 radical (unpaired) electrons. The number of anilines is 1. The fraction of sp³-hybridized carbons (Fsp3) is 0.500. The number of benzene rings is 2. The molecule has 1 heterocycles. The van der Waals surface area contributed by atoms with Crippen molar-refractivity contribution in [2.24, 2.45) is 0 Å². The van der Waals surface area contributed by atoms with Crippen LogP contribution in [0.5, 0.6) is 5.75 Å². The Balaban J connectivity index is 1.39. The Labute approximate surface area is 180 Å². The molecule has 1 saturated carbocycles. The second kappa shape index (κ2) is 9.65. The van der Waals surface area contributed by atoms with Crippen LogP contribution in [0.2, 0.25) is 0 Å². The van der Waals surface area contributed by atoms with Crippen molar-refractivity contribution in [1.82, 2.24) is 4.90 Å². The summed E-state index contributed by atoms with van der Waals surface area (Å²) in [5.41, 5.74) is 2.79. The molecular formula is C26H34N2O2. The van der Waals surface area contributed by atoms with Gasteiger partial charge in [-0.3, -0.25) is 9.69 Å². The van der Waals surface area contributed by atoms with E-state index in [4.69, 9.17) is 4.74 Å². The van der Waals surface area contributed by atoms with Crippen LogP contribution in [0.15, 0.2) is 48.5 Å². The van der Waals surface area contributed by atoms with Gasteiger partial charge in [0.25, 0.3) is 0 Å². The van der Waals surface area contributed by atoms with Crippen molar-refractivity contribution in [3.63, 3.8) is 0 Å². The number of nitrogens with zero attached hydrogens (tertiary/aromatic N) is 1. The van der Waals surface area contributed by atoms with Crippen molar-refractivity contribution in [3.8, 4) is 5.75 Å². The number of carbonyl (C=O) groups excluding carboxylic acids is 1. The third-order valence-corrected chi connectivity index (χ3v) is 6.73. The number of hydrogen-bond acceptors (Lipinski definition) is 3. The lowest BCUT2D eigenvalue weighted by Gasteiger charge is -2.36. The van der Waals surface area contributed by atoms with Gasteiger partial charge in [0.15, 0.2) is 0 Å². The van der Waals surface area contributed by atoms with Gasteiger partial charge >= 0.3 is 0 Å². The Morgan fingerprint density at radius 1 is 0.933 bits per heavy atom. The molecule has 0 spiro atoms. The molecule has 0 aromatic heterocycles. The summed E-state index contributed by atoms with van der Waals surface area (Å²) in [5.74, 6) is 0.979. The number of ether oxygens (including phenoxy) is 1. The maximum atomic E-state index is 13.4. The standard InChI is InChI=1S/C26H34N2O2/c1-21-7-9-22(10-8-21)26(15-3-2-4-16-26)25(29)27-23-11-13-24(14-12-23)30-20-19-28-17-5-6-18-28/h7-14H,2-6,15-20H2,1H3,(H,27,29). The maximum Gasteiger partial charge on any atom is 0.235 e. The lowest BCUT2D eigenvalue weighted by atomic mass is 9.68. The highest BCUT2D eigenvalue weighted by Gasteiger charge is 2.41. The number of aryl methyl sites for hydroxylation is 1. The zero-order valence-electron chi connectivity index (χ0n) is 18.2. The van der Waals surface area contributed by atoms with Gasteiger partial charge in [0.2, 0.25) is 5.91 Å². The molecule has 4 nitrogen and oxygen atoms in total. The Bertz CT molecular complexity index is 817. The molecule has 1 aliphatic heterocycles. The van der Waals surface area contributed by atoms with Crippen molar-refractivity contribution in [1.29, 1.82) is 0 Å². The van der Waals surface area contributed by atoms with Gasteiger partial charge in [-0.05, 0) is 75.5 Å². The van der Waals surface area contributed by atoms with Gasteiger partial charge in [-0.25, -0.2) is 0 Å². The first-order valence-corrected chi connectivity index (χ1v) is 11.5. The van der Waals surface area contributed by atoms with Crippen molar-refractivity contribution in [2.45, 2.75) is 57.3 Å². The molecular weight excluding hydrogens is 372 g/mol. The minimum atomic E-state index is -0.420. The number of carbonyl (C=O) groups is 1. The van der Waals surface area contributed by atoms with Crippen LogP contribution in [-0.2, 0) is 10.2 Å². The fourth-order valence-corrected chi connectivity index (χ4v) is 4.86. The molecule has 1 amide bonds. The lowest BCUT2D eigenvalue weighted by molar-refractivity contribution is -0.122. The van der Waals surface area contributed by atoms with Crippen molar-refractivity contribution in [2.75, 3.05) is 31.6 Å². The second-order valence-electron chi connectivity index (χ2n) is 8.88. The predicted molar refractivity (Wildman–Crippen MR) is 122 cm³/mol. The topological polar surface area (TPSA) is 41.6 Å². The average molecular weight is 407 g/mol. The van der Waals surface area contributed by atoms with Gasteiger partial charge in [-0.1, -0.05) is 49.1 Å². The van der Waals surface area contributed by atoms with Crippen molar-refractivity contribution < 1.29 is 9.53 Å². The third kappa shape index (κ3) is 4.86. The number of rotatable bonds is 7. The molecule has 1 N–H and O–H groups in total. The summed E-state index contributed by atoms with van der Waals surface area (Å²) in [5, 5.41) is 3.19. The number of nitrogens with one attached hydrogen (secondary N) is 1. The summed E-state index contributed by atoms with van der Waals surface area (Å²) in [6.07, 6.45) is 7.86. The number of hydrogen-bond donors (Lipinski definition) is 1. The van der Waals surface area contributed by atoms with Crippen LogP contribution in [0.4, 0.5) is 5.69 Å². The molecule has 2 aromatic carbocycles. The van der Waals surface area contributed by atoms with Crippen LogP contribution in [0.3, 0.4) is 0 Å².